The molecule has 2 rings (SSSR count). The Morgan fingerprint density at radius 3 is 2.64 bits per heavy atom. The lowest BCUT2D eigenvalue weighted by Gasteiger charge is -2.18. The molecule has 1 fully saturated rings. The van der Waals surface area contributed by atoms with Crippen molar-refractivity contribution in [1.29, 1.82) is 0 Å². The smallest absolute Gasteiger partial charge is 0.300 e. The van der Waals surface area contributed by atoms with E-state index < -0.39 is 11.7 Å². The van der Waals surface area contributed by atoms with Crippen LogP contribution in [0.3, 0.4) is 0 Å². The predicted octanol–water partition coefficient (Wildman–Crippen LogP) is 1.52. The number of amides is 1. The van der Waals surface area contributed by atoms with Crippen LogP contribution in [0.2, 0.25) is 0 Å². The normalized spacial score (nSPS) is 16.7. The van der Waals surface area contributed by atoms with Crippen LogP contribution in [0.25, 0.3) is 0 Å². The molecule has 0 aromatic heterocycles. The third-order valence-electron chi connectivity index (χ3n) is 3.09. The molecule has 1 amide bonds. The lowest BCUT2D eigenvalue weighted by molar-refractivity contribution is -0.176. The molecular formula is C14H17IN2O5. The Kier molecular flexibility index (Phi) is 5.59. The van der Waals surface area contributed by atoms with Crippen LogP contribution in [-0.2, 0) is 14.3 Å². The molecule has 1 N–H and O–H groups in total. The van der Waals surface area contributed by atoms with Gasteiger partial charge in [0.25, 0.3) is 5.91 Å². The monoisotopic (exact) mass is 420 g/mol. The number of hydrazone groups is 1. The Balaban J connectivity index is 2.07. The van der Waals surface area contributed by atoms with Gasteiger partial charge in [-0.15, -0.1) is 0 Å². The summed E-state index contributed by atoms with van der Waals surface area (Å²) in [5.74, 6) is -0.471. The minimum atomic E-state index is -1.27. The molecule has 0 bridgehead atoms. The minimum absolute atomic E-state index is 0.390. The van der Waals surface area contributed by atoms with E-state index in [1.807, 2.05) is 6.07 Å². The average Bonchev–Trinajstić information content (AvgIpc) is 2.94. The van der Waals surface area contributed by atoms with Crippen molar-refractivity contribution in [3.05, 3.63) is 21.3 Å². The van der Waals surface area contributed by atoms with E-state index in [0.29, 0.717) is 24.7 Å². The van der Waals surface area contributed by atoms with E-state index in [2.05, 4.69) is 33.1 Å². The fourth-order valence-electron chi connectivity index (χ4n) is 1.93. The molecule has 22 heavy (non-hydrogen) atoms. The number of benzene rings is 1. The lowest BCUT2D eigenvalue weighted by Crippen LogP contribution is -2.43. The van der Waals surface area contributed by atoms with E-state index in [1.165, 1.54) is 6.21 Å². The molecule has 1 aromatic rings. The molecular weight excluding hydrogens is 403 g/mol. The quantitative estimate of drug-likeness (QED) is 0.444. The zero-order chi connectivity index (χ0) is 16.2. The number of carbonyl (C=O) groups is 1. The molecule has 1 heterocycles. The van der Waals surface area contributed by atoms with Gasteiger partial charge < -0.3 is 18.9 Å². The molecule has 7 nitrogen and oxygen atoms in total. The van der Waals surface area contributed by atoms with E-state index in [0.717, 1.165) is 9.13 Å². The van der Waals surface area contributed by atoms with Crippen molar-refractivity contribution in [2.24, 2.45) is 5.10 Å². The van der Waals surface area contributed by atoms with Crippen LogP contribution in [0.4, 0.5) is 0 Å². The van der Waals surface area contributed by atoms with Crippen LogP contribution in [0.1, 0.15) is 12.5 Å². The van der Waals surface area contributed by atoms with E-state index in [1.54, 1.807) is 27.2 Å². The van der Waals surface area contributed by atoms with Crippen LogP contribution in [-0.4, -0.2) is 45.3 Å². The number of hydrogen-bond donors (Lipinski definition) is 1. The topological polar surface area (TPSA) is 78.4 Å². The largest absolute Gasteiger partial charge is 0.493 e. The average molecular weight is 420 g/mol. The van der Waals surface area contributed by atoms with Gasteiger partial charge in [-0.2, -0.15) is 5.10 Å². The maximum atomic E-state index is 11.9. The number of rotatable bonds is 5. The van der Waals surface area contributed by atoms with Gasteiger partial charge >= 0.3 is 0 Å². The van der Waals surface area contributed by atoms with Crippen molar-refractivity contribution < 1.29 is 23.7 Å². The highest BCUT2D eigenvalue weighted by molar-refractivity contribution is 14.1. The molecule has 0 aliphatic carbocycles. The molecule has 0 unspecified atom stereocenters. The highest BCUT2D eigenvalue weighted by atomic mass is 127. The van der Waals surface area contributed by atoms with E-state index >= 15 is 0 Å². The maximum absolute atomic E-state index is 11.9. The Morgan fingerprint density at radius 1 is 1.36 bits per heavy atom. The summed E-state index contributed by atoms with van der Waals surface area (Å²) in [4.78, 5) is 11.9. The Hall–Kier alpha value is -1.39. The van der Waals surface area contributed by atoms with Crippen molar-refractivity contribution in [2.75, 3.05) is 27.4 Å². The van der Waals surface area contributed by atoms with Crippen LogP contribution in [0.15, 0.2) is 17.2 Å². The minimum Gasteiger partial charge on any atom is -0.493 e. The summed E-state index contributed by atoms with van der Waals surface area (Å²) < 4.78 is 21.9. The maximum Gasteiger partial charge on any atom is 0.300 e. The van der Waals surface area contributed by atoms with Gasteiger partial charge in [0, 0.05) is 0 Å². The van der Waals surface area contributed by atoms with Gasteiger partial charge in [-0.3, -0.25) is 4.79 Å². The summed E-state index contributed by atoms with van der Waals surface area (Å²) in [6, 6.07) is 3.63. The van der Waals surface area contributed by atoms with Gasteiger partial charge in [-0.25, -0.2) is 5.43 Å². The van der Waals surface area contributed by atoms with Gasteiger partial charge in [-0.1, -0.05) is 0 Å². The standard InChI is InChI=1S/C14H17IN2O5/c1-14(21-4-5-22-14)13(18)17-16-8-9-6-10(15)12(20-3)11(7-9)19-2/h6-8H,4-5H2,1-3H3,(H,17,18)/b16-8-. The van der Waals surface area contributed by atoms with Crippen molar-refractivity contribution in [3.63, 3.8) is 0 Å². The van der Waals surface area contributed by atoms with E-state index in [-0.39, 0.29) is 0 Å². The number of carbonyl (C=O) groups excluding carboxylic acids is 1. The second-order valence-corrected chi connectivity index (χ2v) is 5.74. The first-order valence-corrected chi connectivity index (χ1v) is 7.61. The summed E-state index contributed by atoms with van der Waals surface area (Å²) in [6.45, 7) is 2.34. The molecule has 8 heteroatoms. The molecule has 1 saturated heterocycles. The molecule has 0 radical (unpaired) electrons. The molecule has 0 saturated carbocycles. The number of hydrogen-bond acceptors (Lipinski definition) is 6. The Labute approximate surface area is 142 Å². The zero-order valence-electron chi connectivity index (χ0n) is 12.5. The first kappa shape index (κ1) is 17.0. The number of halogens is 1. The van der Waals surface area contributed by atoms with E-state index in [9.17, 15) is 4.79 Å². The highest BCUT2D eigenvalue weighted by Gasteiger charge is 2.39. The van der Waals surface area contributed by atoms with Crippen LogP contribution in [0.5, 0.6) is 11.5 Å². The zero-order valence-corrected chi connectivity index (χ0v) is 14.7. The first-order chi connectivity index (χ1) is 10.5. The predicted molar refractivity (Wildman–Crippen MR) is 88.3 cm³/mol. The number of nitrogens with zero attached hydrogens (tertiary/aromatic N) is 1. The molecule has 0 spiro atoms. The fraction of sp³-hybridized carbons (Fsp3) is 0.429. The van der Waals surface area contributed by atoms with Crippen LogP contribution in [0, 0.1) is 3.57 Å². The van der Waals surface area contributed by atoms with Crippen molar-refractivity contribution in [3.8, 4) is 11.5 Å². The van der Waals surface area contributed by atoms with Crippen LogP contribution < -0.4 is 14.9 Å². The number of ether oxygens (including phenoxy) is 4. The SMILES string of the molecule is COc1cc(/C=N\NC(=O)C2(C)OCCO2)cc(I)c1OC. The molecule has 1 aliphatic heterocycles. The van der Waals surface area contributed by atoms with Gasteiger partial charge in [0.05, 0.1) is 37.2 Å². The van der Waals surface area contributed by atoms with Crippen LogP contribution >= 0.6 is 22.6 Å². The molecule has 1 aliphatic rings. The summed E-state index contributed by atoms with van der Waals surface area (Å²) in [5.41, 5.74) is 3.17. The van der Waals surface area contributed by atoms with Crippen molar-refractivity contribution in [1.82, 2.24) is 5.43 Å². The summed E-state index contributed by atoms with van der Waals surface area (Å²) in [5, 5.41) is 3.92. The highest BCUT2D eigenvalue weighted by Crippen LogP contribution is 2.33. The van der Waals surface area contributed by atoms with Crippen molar-refractivity contribution >= 4 is 34.7 Å². The summed E-state index contributed by atoms with van der Waals surface area (Å²) in [7, 11) is 3.14. The molecule has 0 atom stereocenters. The second-order valence-electron chi connectivity index (χ2n) is 4.58. The second kappa shape index (κ2) is 7.25. The van der Waals surface area contributed by atoms with Gasteiger partial charge in [0.2, 0.25) is 5.79 Å². The number of methoxy groups -OCH3 is 2. The van der Waals surface area contributed by atoms with E-state index in [4.69, 9.17) is 18.9 Å². The third kappa shape index (κ3) is 3.68. The fourth-order valence-corrected chi connectivity index (χ4v) is 2.77. The number of nitrogens with one attached hydrogen (secondary N) is 1. The summed E-state index contributed by atoms with van der Waals surface area (Å²) >= 11 is 2.14. The van der Waals surface area contributed by atoms with Gasteiger partial charge in [0.15, 0.2) is 11.5 Å². The van der Waals surface area contributed by atoms with Gasteiger partial charge in [-0.05, 0) is 47.2 Å². The third-order valence-corrected chi connectivity index (χ3v) is 3.89. The Morgan fingerprint density at radius 2 is 2.05 bits per heavy atom. The molecule has 120 valence electrons. The first-order valence-electron chi connectivity index (χ1n) is 6.53. The lowest BCUT2D eigenvalue weighted by atomic mass is 10.2. The molecule has 1 aromatic carbocycles. The van der Waals surface area contributed by atoms with Crippen molar-refractivity contribution in [2.45, 2.75) is 12.7 Å². The summed E-state index contributed by atoms with van der Waals surface area (Å²) in [6.07, 6.45) is 1.51. The van der Waals surface area contributed by atoms with Gasteiger partial charge in [0.1, 0.15) is 0 Å². The Bertz CT molecular complexity index is 585.